The maximum absolute atomic E-state index is 12.5. The van der Waals surface area contributed by atoms with Gasteiger partial charge in [-0.25, -0.2) is 4.79 Å². The summed E-state index contributed by atoms with van der Waals surface area (Å²) in [5.41, 5.74) is 1.63. The normalized spacial score (nSPS) is 11.8. The molecule has 0 saturated heterocycles. The Morgan fingerprint density at radius 1 is 1.19 bits per heavy atom. The number of fused-ring (bicyclic) bond motifs is 1. The highest BCUT2D eigenvalue weighted by Gasteiger charge is 2.18. The minimum absolute atomic E-state index is 0.159. The van der Waals surface area contributed by atoms with Gasteiger partial charge in [-0.15, -0.1) is 0 Å². The maximum Gasteiger partial charge on any atom is 0.323 e. The predicted molar refractivity (Wildman–Crippen MR) is 100 cm³/mol. The van der Waals surface area contributed by atoms with Gasteiger partial charge in [0, 0.05) is 17.8 Å². The molecule has 3 rings (SSSR count). The molecule has 0 radical (unpaired) electrons. The first-order valence-electron chi connectivity index (χ1n) is 7.99. The number of aromatic amines is 2. The smallest absolute Gasteiger partial charge is 0.323 e. The second-order valence-corrected chi connectivity index (χ2v) is 5.84. The fourth-order valence-electron chi connectivity index (χ4n) is 2.59. The summed E-state index contributed by atoms with van der Waals surface area (Å²) in [5, 5.41) is 16.6. The summed E-state index contributed by atoms with van der Waals surface area (Å²) in [7, 11) is 1.41. The number of non-ortho nitro benzene ring substituents is 1. The second kappa shape index (κ2) is 7.20. The number of ether oxygens (including phenoxy) is 1. The molecule has 1 heterocycles. The van der Waals surface area contributed by atoms with Crippen molar-refractivity contribution >= 4 is 34.0 Å². The van der Waals surface area contributed by atoms with Gasteiger partial charge >= 0.3 is 5.69 Å². The molecule has 0 aliphatic heterocycles. The number of nitro groups is 1. The highest BCUT2D eigenvalue weighted by Crippen LogP contribution is 2.29. The second-order valence-electron chi connectivity index (χ2n) is 5.84. The van der Waals surface area contributed by atoms with Crippen LogP contribution in [0.3, 0.4) is 0 Å². The molecule has 10 nitrogen and oxygen atoms in total. The van der Waals surface area contributed by atoms with Crippen LogP contribution in [0.4, 0.5) is 17.1 Å². The lowest BCUT2D eigenvalue weighted by Gasteiger charge is -2.16. The number of hydrogen-bond donors (Lipinski definition) is 4. The van der Waals surface area contributed by atoms with Crippen LogP contribution in [-0.2, 0) is 4.79 Å². The average molecular weight is 371 g/mol. The van der Waals surface area contributed by atoms with E-state index in [0.717, 1.165) is 0 Å². The molecule has 0 aliphatic rings. The van der Waals surface area contributed by atoms with Crippen molar-refractivity contribution < 1.29 is 14.5 Å². The number of imidazole rings is 1. The van der Waals surface area contributed by atoms with E-state index in [0.29, 0.717) is 22.5 Å². The summed E-state index contributed by atoms with van der Waals surface area (Å²) in [6.07, 6.45) is 0. The number of rotatable bonds is 6. The standard InChI is InChI=1S/C17H17N5O5/c1-9(18-10-3-5-12-13(7-10)21-17(24)20-12)16(23)19-14-8-11(22(25)26)4-6-15(14)27-2/h3-9,18H,1-2H3,(H,19,23)(H2,20,21,24). The largest absolute Gasteiger partial charge is 0.495 e. The Hall–Kier alpha value is -3.82. The highest BCUT2D eigenvalue weighted by atomic mass is 16.6. The minimum Gasteiger partial charge on any atom is -0.495 e. The van der Waals surface area contributed by atoms with Crippen LogP contribution in [0, 0.1) is 10.1 Å². The maximum atomic E-state index is 12.5. The Kier molecular flexibility index (Phi) is 4.79. The first kappa shape index (κ1) is 18.0. The molecule has 1 unspecified atom stereocenters. The van der Waals surface area contributed by atoms with Gasteiger partial charge in [0.2, 0.25) is 5.91 Å². The highest BCUT2D eigenvalue weighted by molar-refractivity contribution is 5.98. The van der Waals surface area contributed by atoms with Crippen molar-refractivity contribution in [1.82, 2.24) is 9.97 Å². The summed E-state index contributed by atoms with van der Waals surface area (Å²) in [6.45, 7) is 1.64. The fourth-order valence-corrected chi connectivity index (χ4v) is 2.59. The van der Waals surface area contributed by atoms with E-state index >= 15 is 0 Å². The van der Waals surface area contributed by atoms with Gasteiger partial charge in [-0.1, -0.05) is 0 Å². The van der Waals surface area contributed by atoms with Gasteiger partial charge < -0.3 is 25.3 Å². The van der Waals surface area contributed by atoms with Crippen LogP contribution in [0.1, 0.15) is 6.92 Å². The zero-order valence-electron chi connectivity index (χ0n) is 14.5. The van der Waals surface area contributed by atoms with Gasteiger partial charge in [0.05, 0.1) is 28.8 Å². The van der Waals surface area contributed by atoms with Crippen LogP contribution in [0.15, 0.2) is 41.2 Å². The van der Waals surface area contributed by atoms with E-state index in [-0.39, 0.29) is 17.1 Å². The van der Waals surface area contributed by atoms with Crippen LogP contribution in [-0.4, -0.2) is 34.0 Å². The zero-order chi connectivity index (χ0) is 19.6. The fraction of sp³-hybridized carbons (Fsp3) is 0.176. The monoisotopic (exact) mass is 371 g/mol. The molecule has 1 aromatic heterocycles. The molecule has 0 saturated carbocycles. The molecule has 3 aromatic rings. The van der Waals surface area contributed by atoms with Crippen molar-refractivity contribution in [1.29, 1.82) is 0 Å². The number of hydrogen-bond acceptors (Lipinski definition) is 6. The summed E-state index contributed by atoms with van der Waals surface area (Å²) in [6, 6.07) is 8.43. The number of nitrogens with one attached hydrogen (secondary N) is 4. The Morgan fingerprint density at radius 3 is 2.63 bits per heavy atom. The third-order valence-corrected chi connectivity index (χ3v) is 3.94. The number of amides is 1. The van der Waals surface area contributed by atoms with Crippen molar-refractivity contribution in [2.45, 2.75) is 13.0 Å². The lowest BCUT2D eigenvalue weighted by molar-refractivity contribution is -0.384. The zero-order valence-corrected chi connectivity index (χ0v) is 14.5. The number of anilines is 2. The van der Waals surface area contributed by atoms with Gasteiger partial charge in [-0.3, -0.25) is 14.9 Å². The van der Waals surface area contributed by atoms with E-state index in [1.54, 1.807) is 25.1 Å². The van der Waals surface area contributed by atoms with Gasteiger partial charge in [0.1, 0.15) is 11.8 Å². The van der Waals surface area contributed by atoms with Crippen molar-refractivity contribution in [3.05, 3.63) is 57.0 Å². The number of H-pyrrole nitrogens is 2. The summed E-state index contributed by atoms with van der Waals surface area (Å²) in [4.78, 5) is 39.4. The number of carbonyl (C=O) groups excluding carboxylic acids is 1. The van der Waals surface area contributed by atoms with Crippen LogP contribution in [0.5, 0.6) is 5.75 Å². The summed E-state index contributed by atoms with van der Waals surface area (Å²) >= 11 is 0. The van der Waals surface area contributed by atoms with E-state index in [1.165, 1.54) is 25.3 Å². The van der Waals surface area contributed by atoms with Crippen LogP contribution >= 0.6 is 0 Å². The molecule has 1 amide bonds. The third-order valence-electron chi connectivity index (χ3n) is 3.94. The van der Waals surface area contributed by atoms with Crippen molar-refractivity contribution in [3.8, 4) is 5.75 Å². The summed E-state index contributed by atoms with van der Waals surface area (Å²) in [5.74, 6) is -0.0936. The third kappa shape index (κ3) is 3.89. The summed E-state index contributed by atoms with van der Waals surface area (Å²) < 4.78 is 5.13. The molecule has 4 N–H and O–H groups in total. The first-order chi connectivity index (χ1) is 12.9. The number of carbonyl (C=O) groups is 1. The lowest BCUT2D eigenvalue weighted by atomic mass is 10.2. The van der Waals surface area contributed by atoms with Crippen molar-refractivity contribution in [2.24, 2.45) is 0 Å². The minimum atomic E-state index is -0.655. The topological polar surface area (TPSA) is 142 Å². The number of benzene rings is 2. The first-order valence-corrected chi connectivity index (χ1v) is 7.99. The number of methoxy groups -OCH3 is 1. The van der Waals surface area contributed by atoms with E-state index in [2.05, 4.69) is 20.6 Å². The molecule has 10 heteroatoms. The van der Waals surface area contributed by atoms with Crippen molar-refractivity contribution in [2.75, 3.05) is 17.7 Å². The van der Waals surface area contributed by atoms with Crippen LogP contribution in [0.2, 0.25) is 0 Å². The average Bonchev–Trinajstić information content (AvgIpc) is 3.00. The quantitative estimate of drug-likeness (QED) is 0.386. The SMILES string of the molecule is COc1ccc([N+](=O)[O-])cc1NC(=O)C(C)Nc1ccc2[nH]c(=O)[nH]c2c1. The van der Waals surface area contributed by atoms with Crippen LogP contribution < -0.4 is 21.1 Å². The molecule has 0 fully saturated rings. The molecule has 0 spiro atoms. The Balaban J connectivity index is 1.75. The lowest BCUT2D eigenvalue weighted by Crippen LogP contribution is -2.32. The number of nitrogens with zero attached hydrogens (tertiary/aromatic N) is 1. The van der Waals surface area contributed by atoms with Gasteiger partial charge in [0.25, 0.3) is 5.69 Å². The van der Waals surface area contributed by atoms with Gasteiger partial charge in [-0.2, -0.15) is 0 Å². The Bertz CT molecular complexity index is 1070. The van der Waals surface area contributed by atoms with E-state index in [9.17, 15) is 19.7 Å². The molecule has 0 aliphatic carbocycles. The van der Waals surface area contributed by atoms with E-state index in [4.69, 9.17) is 4.74 Å². The number of nitro benzene ring substituents is 1. The molecular formula is C17H17N5O5. The molecule has 140 valence electrons. The Labute approximate surface area is 152 Å². The van der Waals surface area contributed by atoms with E-state index < -0.39 is 16.9 Å². The van der Waals surface area contributed by atoms with Gasteiger partial charge in [-0.05, 0) is 31.2 Å². The molecule has 0 bridgehead atoms. The number of aromatic nitrogens is 2. The molecule has 27 heavy (non-hydrogen) atoms. The molecular weight excluding hydrogens is 354 g/mol. The van der Waals surface area contributed by atoms with Crippen molar-refractivity contribution in [3.63, 3.8) is 0 Å². The Morgan fingerprint density at radius 2 is 1.93 bits per heavy atom. The predicted octanol–water partition coefficient (Wildman–Crippen LogP) is 2.21. The van der Waals surface area contributed by atoms with Crippen LogP contribution in [0.25, 0.3) is 11.0 Å². The molecule has 2 aromatic carbocycles. The molecule has 1 atom stereocenters. The van der Waals surface area contributed by atoms with Gasteiger partial charge in [0.15, 0.2) is 0 Å². The van der Waals surface area contributed by atoms with E-state index in [1.807, 2.05) is 0 Å².